The van der Waals surface area contributed by atoms with E-state index in [1.807, 2.05) is 36.6 Å². The molecular formula is C17H23Cl2N3O2S. The second-order valence-corrected chi connectivity index (χ2v) is 6.39. The summed E-state index contributed by atoms with van der Waals surface area (Å²) in [5, 5.41) is 9.17. The molecule has 1 atom stereocenters. The number of nitrogens with one attached hydrogen (secondary N) is 2. The molecular weight excluding hydrogens is 381 g/mol. The lowest BCUT2D eigenvalue weighted by atomic mass is 10.2. The molecule has 1 aliphatic heterocycles. The van der Waals surface area contributed by atoms with Crippen LogP contribution in [0.3, 0.4) is 0 Å². The Morgan fingerprint density at radius 3 is 2.76 bits per heavy atom. The second-order valence-electron chi connectivity index (χ2n) is 5.54. The highest BCUT2D eigenvalue weighted by Gasteiger charge is 2.17. The van der Waals surface area contributed by atoms with Gasteiger partial charge in [0.05, 0.1) is 18.7 Å². The first-order chi connectivity index (χ1) is 11.2. The number of thiazole rings is 1. The Labute approximate surface area is 164 Å². The van der Waals surface area contributed by atoms with E-state index >= 15 is 0 Å². The Morgan fingerprint density at radius 1 is 1.36 bits per heavy atom. The van der Waals surface area contributed by atoms with Crippen LogP contribution < -0.4 is 15.4 Å². The number of benzene rings is 1. The van der Waals surface area contributed by atoms with Crippen LogP contribution in [-0.4, -0.2) is 36.6 Å². The molecule has 25 heavy (non-hydrogen) atoms. The first-order valence-electron chi connectivity index (χ1n) is 7.92. The minimum Gasteiger partial charge on any atom is -0.494 e. The third kappa shape index (κ3) is 6.15. The lowest BCUT2D eigenvalue weighted by Gasteiger charge is -2.10. The molecule has 2 N–H and O–H groups in total. The summed E-state index contributed by atoms with van der Waals surface area (Å²) in [6.45, 7) is 4.46. The fourth-order valence-corrected chi connectivity index (χ4v) is 3.43. The van der Waals surface area contributed by atoms with Crippen LogP contribution in [-0.2, 0) is 11.2 Å². The van der Waals surface area contributed by atoms with Crippen LogP contribution in [0.15, 0.2) is 29.6 Å². The van der Waals surface area contributed by atoms with Crippen molar-refractivity contribution in [3.8, 4) is 16.3 Å². The number of hydrogen-bond acceptors (Lipinski definition) is 5. The van der Waals surface area contributed by atoms with Crippen LogP contribution in [0, 0.1) is 0 Å². The average Bonchev–Trinajstić information content (AvgIpc) is 3.20. The molecule has 2 heterocycles. The van der Waals surface area contributed by atoms with Crippen molar-refractivity contribution < 1.29 is 9.53 Å². The number of carbonyl (C=O) groups excluding carboxylic acids is 1. The SMILES string of the molecule is CCOc1ccc(-c2nc(CC(=O)NC3CCNC3)cs2)cc1.Cl.Cl. The van der Waals surface area contributed by atoms with E-state index in [0.717, 1.165) is 41.5 Å². The zero-order valence-electron chi connectivity index (χ0n) is 14.0. The summed E-state index contributed by atoms with van der Waals surface area (Å²) in [6.07, 6.45) is 1.34. The number of hydrogen-bond donors (Lipinski definition) is 2. The number of rotatable bonds is 6. The number of aromatic nitrogens is 1. The Balaban J connectivity index is 0.00000156. The normalized spacial score (nSPS) is 15.8. The summed E-state index contributed by atoms with van der Waals surface area (Å²) < 4.78 is 5.44. The number of amides is 1. The first kappa shape index (κ1) is 21.7. The molecule has 1 unspecified atom stereocenters. The minimum atomic E-state index is 0. The Morgan fingerprint density at radius 2 is 2.12 bits per heavy atom. The predicted molar refractivity (Wildman–Crippen MR) is 106 cm³/mol. The highest BCUT2D eigenvalue weighted by Crippen LogP contribution is 2.26. The van der Waals surface area contributed by atoms with Gasteiger partial charge in [0.15, 0.2) is 0 Å². The van der Waals surface area contributed by atoms with Gasteiger partial charge in [-0.15, -0.1) is 36.2 Å². The maximum absolute atomic E-state index is 12.0. The molecule has 8 heteroatoms. The summed E-state index contributed by atoms with van der Waals surface area (Å²) >= 11 is 1.56. The monoisotopic (exact) mass is 403 g/mol. The fourth-order valence-electron chi connectivity index (χ4n) is 2.60. The largest absolute Gasteiger partial charge is 0.494 e. The maximum atomic E-state index is 12.0. The van der Waals surface area contributed by atoms with Crippen LogP contribution in [0.2, 0.25) is 0 Å². The maximum Gasteiger partial charge on any atom is 0.226 e. The van der Waals surface area contributed by atoms with Gasteiger partial charge in [0.1, 0.15) is 10.8 Å². The summed E-state index contributed by atoms with van der Waals surface area (Å²) in [5.41, 5.74) is 1.87. The van der Waals surface area contributed by atoms with Crippen LogP contribution in [0.1, 0.15) is 19.0 Å². The van der Waals surface area contributed by atoms with Crippen molar-refractivity contribution in [3.05, 3.63) is 35.3 Å². The minimum absolute atomic E-state index is 0. The molecule has 1 saturated heterocycles. The lowest BCUT2D eigenvalue weighted by molar-refractivity contribution is -0.121. The molecule has 0 aliphatic carbocycles. The molecule has 1 aromatic carbocycles. The number of ether oxygens (including phenoxy) is 1. The first-order valence-corrected chi connectivity index (χ1v) is 8.80. The van der Waals surface area contributed by atoms with E-state index in [9.17, 15) is 4.79 Å². The van der Waals surface area contributed by atoms with E-state index in [0.29, 0.717) is 13.0 Å². The van der Waals surface area contributed by atoms with Crippen LogP contribution in [0.25, 0.3) is 10.6 Å². The van der Waals surface area contributed by atoms with Gasteiger partial charge in [0.2, 0.25) is 5.91 Å². The third-order valence-electron chi connectivity index (χ3n) is 3.73. The van der Waals surface area contributed by atoms with Gasteiger partial charge >= 0.3 is 0 Å². The molecule has 138 valence electrons. The van der Waals surface area contributed by atoms with Gasteiger partial charge in [0.25, 0.3) is 0 Å². The zero-order valence-corrected chi connectivity index (χ0v) is 16.4. The van der Waals surface area contributed by atoms with Crippen LogP contribution in [0.5, 0.6) is 5.75 Å². The van der Waals surface area contributed by atoms with Crippen molar-refractivity contribution in [2.75, 3.05) is 19.7 Å². The Bertz CT molecular complexity index is 658. The molecule has 1 aliphatic rings. The van der Waals surface area contributed by atoms with E-state index in [2.05, 4.69) is 15.6 Å². The fraction of sp³-hybridized carbons (Fsp3) is 0.412. The van der Waals surface area contributed by atoms with Crippen molar-refractivity contribution in [3.63, 3.8) is 0 Å². The van der Waals surface area contributed by atoms with Gasteiger partial charge in [-0.25, -0.2) is 4.98 Å². The molecule has 5 nitrogen and oxygen atoms in total. The summed E-state index contributed by atoms with van der Waals surface area (Å²) in [7, 11) is 0. The predicted octanol–water partition coefficient (Wildman–Crippen LogP) is 3.07. The van der Waals surface area contributed by atoms with Gasteiger partial charge in [-0.05, 0) is 44.2 Å². The van der Waals surface area contributed by atoms with Gasteiger partial charge in [-0.3, -0.25) is 4.79 Å². The van der Waals surface area contributed by atoms with E-state index in [-0.39, 0.29) is 36.8 Å². The van der Waals surface area contributed by atoms with Crippen LogP contribution in [0.4, 0.5) is 0 Å². The summed E-state index contributed by atoms with van der Waals surface area (Å²) in [4.78, 5) is 16.6. The van der Waals surface area contributed by atoms with E-state index in [1.54, 1.807) is 11.3 Å². The van der Waals surface area contributed by atoms with Gasteiger partial charge in [-0.2, -0.15) is 0 Å². The lowest BCUT2D eigenvalue weighted by Crippen LogP contribution is -2.37. The third-order valence-corrected chi connectivity index (χ3v) is 4.67. The molecule has 1 fully saturated rings. The van der Waals surface area contributed by atoms with Gasteiger partial charge < -0.3 is 15.4 Å². The highest BCUT2D eigenvalue weighted by atomic mass is 35.5. The van der Waals surface area contributed by atoms with E-state index < -0.39 is 0 Å². The molecule has 0 bridgehead atoms. The topological polar surface area (TPSA) is 63.2 Å². The second kappa shape index (κ2) is 10.6. The Kier molecular flexibility index (Phi) is 9.21. The van der Waals surface area contributed by atoms with Crippen molar-refractivity contribution in [1.82, 2.24) is 15.6 Å². The van der Waals surface area contributed by atoms with E-state index in [4.69, 9.17) is 4.74 Å². The van der Waals surface area contributed by atoms with Crippen molar-refractivity contribution in [2.24, 2.45) is 0 Å². The molecule has 3 rings (SSSR count). The molecule has 1 aromatic heterocycles. The molecule has 1 amide bonds. The molecule has 0 radical (unpaired) electrons. The van der Waals surface area contributed by atoms with E-state index in [1.165, 1.54) is 0 Å². The summed E-state index contributed by atoms with van der Waals surface area (Å²) in [5.74, 6) is 0.903. The van der Waals surface area contributed by atoms with Gasteiger partial charge in [-0.1, -0.05) is 0 Å². The summed E-state index contributed by atoms with van der Waals surface area (Å²) in [6, 6.07) is 8.14. The average molecular weight is 404 g/mol. The van der Waals surface area contributed by atoms with Crippen LogP contribution >= 0.6 is 36.2 Å². The van der Waals surface area contributed by atoms with Crippen molar-refractivity contribution >= 4 is 42.1 Å². The molecule has 2 aromatic rings. The zero-order chi connectivity index (χ0) is 16.1. The quantitative estimate of drug-likeness (QED) is 0.777. The Hall–Kier alpha value is -1.34. The highest BCUT2D eigenvalue weighted by molar-refractivity contribution is 7.13. The van der Waals surface area contributed by atoms with Crippen molar-refractivity contribution in [1.29, 1.82) is 0 Å². The van der Waals surface area contributed by atoms with Crippen molar-refractivity contribution in [2.45, 2.75) is 25.8 Å². The smallest absolute Gasteiger partial charge is 0.226 e. The molecule has 0 spiro atoms. The number of halogens is 2. The van der Waals surface area contributed by atoms with Gasteiger partial charge in [0, 0.05) is 23.5 Å². The molecule has 0 saturated carbocycles. The number of nitrogens with zero attached hydrogens (tertiary/aromatic N) is 1. The number of carbonyl (C=O) groups is 1. The standard InChI is InChI=1S/C17H21N3O2S.2ClH/c1-2-22-15-5-3-12(4-6-15)17-20-14(11-23-17)9-16(21)19-13-7-8-18-10-13;;/h3-6,11,13,18H,2,7-10H2,1H3,(H,19,21);2*1H.